The number of rotatable bonds is 5. The Morgan fingerprint density at radius 3 is 3.18 bits per heavy atom. The van der Waals surface area contributed by atoms with Gasteiger partial charge in [0.05, 0.1) is 0 Å². The molecule has 0 bridgehead atoms. The molecule has 2 heterocycles. The highest BCUT2D eigenvalue weighted by molar-refractivity contribution is 7.98. The van der Waals surface area contributed by atoms with Gasteiger partial charge in [-0.2, -0.15) is 0 Å². The number of hydrogen-bond acceptors (Lipinski definition) is 5. The molecule has 94 valence electrons. The third kappa shape index (κ3) is 4.01. The van der Waals surface area contributed by atoms with Crippen molar-refractivity contribution in [1.29, 1.82) is 0 Å². The van der Waals surface area contributed by atoms with Gasteiger partial charge < -0.3 is 10.1 Å². The zero-order valence-electron chi connectivity index (χ0n) is 9.78. The highest BCUT2D eigenvalue weighted by atomic mass is 35.5. The lowest BCUT2D eigenvalue weighted by atomic mass is 10.1. The molecular formula is C11H16ClN3OS. The molecule has 0 saturated carbocycles. The molecule has 0 aromatic carbocycles. The molecule has 1 aliphatic rings. The molecule has 1 aromatic rings. The van der Waals surface area contributed by atoms with E-state index in [2.05, 4.69) is 15.3 Å². The molecule has 6 heteroatoms. The van der Waals surface area contributed by atoms with Crippen LogP contribution in [0.2, 0.25) is 5.15 Å². The van der Waals surface area contributed by atoms with E-state index in [1.165, 1.54) is 18.2 Å². The molecule has 1 aliphatic heterocycles. The molecule has 1 aromatic heterocycles. The lowest BCUT2D eigenvalue weighted by Crippen LogP contribution is -2.10. The second-order valence-electron chi connectivity index (χ2n) is 4.01. The molecule has 1 fully saturated rings. The molecule has 0 radical (unpaired) electrons. The zero-order valence-corrected chi connectivity index (χ0v) is 11.4. The first-order valence-electron chi connectivity index (χ1n) is 5.68. The van der Waals surface area contributed by atoms with Crippen molar-refractivity contribution in [2.45, 2.75) is 18.0 Å². The van der Waals surface area contributed by atoms with Crippen LogP contribution in [-0.4, -0.2) is 36.0 Å². The van der Waals surface area contributed by atoms with E-state index in [9.17, 15) is 0 Å². The predicted octanol–water partition coefficient (Wildman–Crippen LogP) is 2.69. The quantitative estimate of drug-likeness (QED) is 0.508. The van der Waals surface area contributed by atoms with E-state index in [1.807, 2.05) is 6.26 Å². The van der Waals surface area contributed by atoms with Crippen LogP contribution in [0.1, 0.15) is 12.8 Å². The Bertz CT molecular complexity index is 372. The fraction of sp³-hybridized carbons (Fsp3) is 0.636. The number of aromatic nitrogens is 2. The summed E-state index contributed by atoms with van der Waals surface area (Å²) in [6.07, 6.45) is 4.21. The van der Waals surface area contributed by atoms with Gasteiger partial charge in [-0.15, -0.1) is 0 Å². The first-order valence-corrected chi connectivity index (χ1v) is 7.28. The first-order chi connectivity index (χ1) is 8.28. The Morgan fingerprint density at radius 2 is 2.47 bits per heavy atom. The summed E-state index contributed by atoms with van der Waals surface area (Å²) in [7, 11) is 0. The third-order valence-electron chi connectivity index (χ3n) is 2.74. The molecular weight excluding hydrogens is 258 g/mol. The molecule has 4 nitrogen and oxygen atoms in total. The van der Waals surface area contributed by atoms with Crippen LogP contribution in [0.4, 0.5) is 5.82 Å². The van der Waals surface area contributed by atoms with Crippen LogP contribution in [0.3, 0.4) is 0 Å². The Labute approximate surface area is 111 Å². The van der Waals surface area contributed by atoms with Gasteiger partial charge in [-0.25, -0.2) is 9.97 Å². The SMILES string of the molecule is CSc1nc(Cl)cc(NCCC2CCOC2)n1. The van der Waals surface area contributed by atoms with E-state index < -0.39 is 0 Å². The molecule has 1 atom stereocenters. The van der Waals surface area contributed by atoms with E-state index >= 15 is 0 Å². The monoisotopic (exact) mass is 273 g/mol. The number of nitrogens with zero attached hydrogens (tertiary/aromatic N) is 2. The highest BCUT2D eigenvalue weighted by Crippen LogP contribution is 2.19. The summed E-state index contributed by atoms with van der Waals surface area (Å²) in [5, 5.41) is 4.46. The fourth-order valence-electron chi connectivity index (χ4n) is 1.79. The van der Waals surface area contributed by atoms with E-state index in [-0.39, 0.29) is 0 Å². The van der Waals surface area contributed by atoms with Crippen molar-refractivity contribution >= 4 is 29.2 Å². The minimum atomic E-state index is 0.482. The fourth-order valence-corrected chi connectivity index (χ4v) is 2.41. The van der Waals surface area contributed by atoms with Gasteiger partial charge in [0.25, 0.3) is 0 Å². The number of anilines is 1. The van der Waals surface area contributed by atoms with Gasteiger partial charge in [0.15, 0.2) is 5.16 Å². The Hall–Kier alpha value is -0.520. The maximum absolute atomic E-state index is 5.91. The van der Waals surface area contributed by atoms with Crippen LogP contribution in [-0.2, 0) is 4.74 Å². The van der Waals surface area contributed by atoms with Crippen molar-refractivity contribution < 1.29 is 4.74 Å². The summed E-state index contributed by atoms with van der Waals surface area (Å²) < 4.78 is 5.34. The average Bonchev–Trinajstić information content (AvgIpc) is 2.81. The van der Waals surface area contributed by atoms with Crippen LogP contribution >= 0.6 is 23.4 Å². The molecule has 1 saturated heterocycles. The summed E-state index contributed by atoms with van der Waals surface area (Å²) in [4.78, 5) is 8.44. The number of hydrogen-bond donors (Lipinski definition) is 1. The second kappa shape index (κ2) is 6.42. The topological polar surface area (TPSA) is 47.0 Å². The third-order valence-corrected chi connectivity index (χ3v) is 3.48. The first kappa shape index (κ1) is 12.9. The normalized spacial score (nSPS) is 19.5. The van der Waals surface area contributed by atoms with E-state index in [0.717, 1.165) is 32.0 Å². The standard InChI is InChI=1S/C11H16ClN3OS/c1-17-11-14-9(12)6-10(15-11)13-4-2-8-3-5-16-7-8/h6,8H,2-5,7H2,1H3,(H,13,14,15). The van der Waals surface area contributed by atoms with Crippen molar-refractivity contribution in [3.8, 4) is 0 Å². The van der Waals surface area contributed by atoms with Gasteiger partial charge in [0.2, 0.25) is 0 Å². The number of nitrogens with one attached hydrogen (secondary N) is 1. The molecule has 1 N–H and O–H groups in total. The van der Waals surface area contributed by atoms with E-state index in [0.29, 0.717) is 16.2 Å². The lowest BCUT2D eigenvalue weighted by molar-refractivity contribution is 0.185. The second-order valence-corrected chi connectivity index (χ2v) is 5.17. The van der Waals surface area contributed by atoms with Crippen molar-refractivity contribution in [2.24, 2.45) is 5.92 Å². The predicted molar refractivity (Wildman–Crippen MR) is 70.9 cm³/mol. The van der Waals surface area contributed by atoms with Gasteiger partial charge in [-0.05, 0) is 25.0 Å². The van der Waals surface area contributed by atoms with E-state index in [4.69, 9.17) is 16.3 Å². The molecule has 2 rings (SSSR count). The van der Waals surface area contributed by atoms with Crippen molar-refractivity contribution in [1.82, 2.24) is 9.97 Å². The van der Waals surface area contributed by atoms with Gasteiger partial charge >= 0.3 is 0 Å². The van der Waals surface area contributed by atoms with Crippen LogP contribution in [0, 0.1) is 5.92 Å². The summed E-state index contributed by atoms with van der Waals surface area (Å²) in [5.41, 5.74) is 0. The molecule has 17 heavy (non-hydrogen) atoms. The smallest absolute Gasteiger partial charge is 0.190 e. The van der Waals surface area contributed by atoms with Crippen LogP contribution in [0.15, 0.2) is 11.2 Å². The van der Waals surface area contributed by atoms with E-state index in [1.54, 1.807) is 6.07 Å². The summed E-state index contributed by atoms with van der Waals surface area (Å²) >= 11 is 7.40. The summed E-state index contributed by atoms with van der Waals surface area (Å²) in [6.45, 7) is 2.69. The van der Waals surface area contributed by atoms with Gasteiger partial charge in [-0.1, -0.05) is 23.4 Å². The molecule has 0 amide bonds. The molecule has 0 aliphatic carbocycles. The summed E-state index contributed by atoms with van der Waals surface area (Å²) in [5.74, 6) is 1.48. The zero-order chi connectivity index (χ0) is 12.1. The number of thioether (sulfide) groups is 1. The Balaban J connectivity index is 1.83. The molecule has 1 unspecified atom stereocenters. The Kier molecular flexibility index (Phi) is 4.88. The maximum atomic E-state index is 5.91. The minimum Gasteiger partial charge on any atom is -0.381 e. The maximum Gasteiger partial charge on any atom is 0.190 e. The van der Waals surface area contributed by atoms with Gasteiger partial charge in [0.1, 0.15) is 11.0 Å². The van der Waals surface area contributed by atoms with Crippen LogP contribution in [0.5, 0.6) is 0 Å². The van der Waals surface area contributed by atoms with Crippen LogP contribution < -0.4 is 5.32 Å². The average molecular weight is 274 g/mol. The lowest BCUT2D eigenvalue weighted by Gasteiger charge is -2.09. The highest BCUT2D eigenvalue weighted by Gasteiger charge is 2.14. The summed E-state index contributed by atoms with van der Waals surface area (Å²) in [6, 6.07) is 1.76. The van der Waals surface area contributed by atoms with Crippen molar-refractivity contribution in [3.05, 3.63) is 11.2 Å². The molecule has 0 spiro atoms. The largest absolute Gasteiger partial charge is 0.381 e. The minimum absolute atomic E-state index is 0.482. The van der Waals surface area contributed by atoms with Crippen LogP contribution in [0.25, 0.3) is 0 Å². The van der Waals surface area contributed by atoms with Gasteiger partial charge in [0, 0.05) is 25.8 Å². The number of ether oxygens (including phenoxy) is 1. The van der Waals surface area contributed by atoms with Crippen molar-refractivity contribution in [2.75, 3.05) is 31.3 Å². The number of halogens is 1. The van der Waals surface area contributed by atoms with Gasteiger partial charge in [-0.3, -0.25) is 0 Å². The Morgan fingerprint density at radius 1 is 1.59 bits per heavy atom. The van der Waals surface area contributed by atoms with Crippen molar-refractivity contribution in [3.63, 3.8) is 0 Å².